The number of hydrogen-bond acceptors (Lipinski definition) is 5. The van der Waals surface area contributed by atoms with Gasteiger partial charge >= 0.3 is 0 Å². The molecule has 144 valence electrons. The molecule has 0 atom stereocenters. The summed E-state index contributed by atoms with van der Waals surface area (Å²) in [5.74, 6) is -0.716. The largest absolute Gasteiger partial charge is 0.350 e. The Bertz CT molecular complexity index is 829. The predicted molar refractivity (Wildman–Crippen MR) is 103 cm³/mol. The highest BCUT2D eigenvalue weighted by atomic mass is 35.5. The van der Waals surface area contributed by atoms with Gasteiger partial charge in [-0.05, 0) is 58.0 Å². The van der Waals surface area contributed by atoms with Gasteiger partial charge in [0.2, 0.25) is 0 Å². The van der Waals surface area contributed by atoms with Crippen molar-refractivity contribution in [2.45, 2.75) is 38.8 Å². The lowest BCUT2D eigenvalue weighted by atomic mass is 10.1. The Morgan fingerprint density at radius 1 is 1.26 bits per heavy atom. The zero-order chi connectivity index (χ0) is 19.4. The molecule has 2 amide bonds. The minimum Gasteiger partial charge on any atom is -0.350 e. The first kappa shape index (κ1) is 19.3. The van der Waals surface area contributed by atoms with Gasteiger partial charge in [-0.15, -0.1) is 5.10 Å². The van der Waals surface area contributed by atoms with Crippen LogP contribution in [-0.4, -0.2) is 45.9 Å². The third-order valence-electron chi connectivity index (χ3n) is 4.32. The van der Waals surface area contributed by atoms with Gasteiger partial charge in [-0.3, -0.25) is 9.59 Å². The Morgan fingerprint density at radius 3 is 2.70 bits per heavy atom. The van der Waals surface area contributed by atoms with E-state index in [-0.39, 0.29) is 23.7 Å². The number of hydrogen-bond donors (Lipinski definition) is 3. The highest BCUT2D eigenvalue weighted by Gasteiger charge is 2.20. The topological polar surface area (TPSA) is 101 Å². The second-order valence-electron chi connectivity index (χ2n) is 6.84. The number of aromatic nitrogens is 3. The molecule has 1 aromatic carbocycles. The maximum Gasteiger partial charge on any atom is 0.277 e. The van der Waals surface area contributed by atoms with Crippen molar-refractivity contribution in [3.63, 3.8) is 0 Å². The maximum absolute atomic E-state index is 12.6. The summed E-state index contributed by atoms with van der Waals surface area (Å²) < 4.78 is 1.74. The molecule has 2 aromatic rings. The molecule has 3 rings (SSSR count). The summed E-state index contributed by atoms with van der Waals surface area (Å²) >= 11 is 6.04. The van der Waals surface area contributed by atoms with Gasteiger partial charge in [0.15, 0.2) is 5.69 Å². The molecule has 1 fully saturated rings. The molecule has 1 aliphatic rings. The summed E-state index contributed by atoms with van der Waals surface area (Å²) in [6.07, 6.45) is 3.53. The third kappa shape index (κ3) is 4.84. The molecule has 0 spiro atoms. The van der Waals surface area contributed by atoms with E-state index in [0.29, 0.717) is 16.3 Å². The fourth-order valence-corrected chi connectivity index (χ4v) is 3.15. The van der Waals surface area contributed by atoms with Gasteiger partial charge in [-0.25, -0.2) is 4.68 Å². The number of nitrogens with zero attached hydrogens (tertiary/aromatic N) is 3. The van der Waals surface area contributed by atoms with Gasteiger partial charge in [0.1, 0.15) is 0 Å². The molecule has 8 nitrogen and oxygen atoms in total. The van der Waals surface area contributed by atoms with Crippen LogP contribution in [-0.2, 0) is 0 Å². The molecule has 0 bridgehead atoms. The molecular weight excluding hydrogens is 368 g/mol. The first-order chi connectivity index (χ1) is 12.9. The molecule has 3 N–H and O–H groups in total. The Labute approximate surface area is 162 Å². The number of nitrogens with one attached hydrogen (secondary N) is 3. The van der Waals surface area contributed by atoms with Crippen LogP contribution in [0.1, 0.15) is 53.6 Å². The van der Waals surface area contributed by atoms with Crippen molar-refractivity contribution >= 4 is 29.1 Å². The molecule has 0 radical (unpaired) electrons. The van der Waals surface area contributed by atoms with Crippen LogP contribution in [0, 0.1) is 0 Å². The van der Waals surface area contributed by atoms with Crippen LogP contribution in [0.4, 0.5) is 5.69 Å². The molecule has 27 heavy (non-hydrogen) atoms. The molecule has 1 aliphatic heterocycles. The van der Waals surface area contributed by atoms with Crippen LogP contribution in [0.15, 0.2) is 24.4 Å². The Balaban J connectivity index is 1.76. The van der Waals surface area contributed by atoms with E-state index in [0.717, 1.165) is 25.9 Å². The third-order valence-corrected chi connectivity index (χ3v) is 4.56. The minimum atomic E-state index is -0.434. The van der Waals surface area contributed by atoms with Crippen molar-refractivity contribution in [1.82, 2.24) is 25.6 Å². The number of amides is 2. The summed E-state index contributed by atoms with van der Waals surface area (Å²) in [7, 11) is 0. The van der Waals surface area contributed by atoms with E-state index in [1.807, 2.05) is 13.8 Å². The number of carbonyl (C=O) groups is 2. The van der Waals surface area contributed by atoms with Crippen molar-refractivity contribution in [2.75, 3.05) is 18.4 Å². The van der Waals surface area contributed by atoms with Crippen molar-refractivity contribution < 1.29 is 9.59 Å². The highest BCUT2D eigenvalue weighted by molar-refractivity contribution is 6.31. The molecule has 0 saturated carbocycles. The molecule has 1 saturated heterocycles. The van der Waals surface area contributed by atoms with Crippen molar-refractivity contribution in [3.05, 3.63) is 40.7 Å². The molecule has 2 heterocycles. The minimum absolute atomic E-state index is 0.0263. The van der Waals surface area contributed by atoms with Crippen LogP contribution in [0.5, 0.6) is 0 Å². The van der Waals surface area contributed by atoms with E-state index in [9.17, 15) is 9.59 Å². The normalized spacial score (nSPS) is 15.0. The lowest BCUT2D eigenvalue weighted by Crippen LogP contribution is -2.31. The van der Waals surface area contributed by atoms with Crippen molar-refractivity contribution in [2.24, 2.45) is 0 Å². The van der Waals surface area contributed by atoms with E-state index < -0.39 is 5.91 Å². The summed E-state index contributed by atoms with van der Waals surface area (Å²) in [5, 5.41) is 17.3. The Morgan fingerprint density at radius 2 is 2.00 bits per heavy atom. The van der Waals surface area contributed by atoms with Crippen LogP contribution >= 0.6 is 11.6 Å². The summed E-state index contributed by atoms with van der Waals surface area (Å²) in [6.45, 7) is 5.57. The first-order valence-corrected chi connectivity index (χ1v) is 9.36. The van der Waals surface area contributed by atoms with Gasteiger partial charge in [0, 0.05) is 11.1 Å². The van der Waals surface area contributed by atoms with Crippen molar-refractivity contribution in [3.8, 4) is 0 Å². The van der Waals surface area contributed by atoms with E-state index in [2.05, 4.69) is 26.3 Å². The Kier molecular flexibility index (Phi) is 6.08. The lowest BCUT2D eigenvalue weighted by molar-refractivity contribution is 0.0944. The molecule has 1 aromatic heterocycles. The number of piperidine rings is 1. The fraction of sp³-hybridized carbons (Fsp3) is 0.444. The van der Waals surface area contributed by atoms with E-state index in [1.165, 1.54) is 0 Å². The number of carbonyl (C=O) groups excluding carboxylic acids is 2. The van der Waals surface area contributed by atoms with Gasteiger partial charge in [-0.2, -0.15) is 0 Å². The zero-order valence-electron chi connectivity index (χ0n) is 15.3. The second kappa shape index (κ2) is 8.49. The molecule has 0 unspecified atom stereocenters. The number of benzene rings is 1. The number of anilines is 1. The standard InChI is InChI=1S/C18H23ClN6O2/c1-11(2)21-17(26)14-4-3-12(19)9-15(14)22-18(27)16-10-25(24-23-16)13-5-7-20-8-6-13/h3-4,9-11,13,20H,5-8H2,1-2H3,(H,21,26)(H,22,27). The molecule has 0 aliphatic carbocycles. The van der Waals surface area contributed by atoms with Crippen molar-refractivity contribution in [1.29, 1.82) is 0 Å². The van der Waals surface area contributed by atoms with Gasteiger partial charge in [-0.1, -0.05) is 16.8 Å². The molecular formula is C18H23ClN6O2. The summed E-state index contributed by atoms with van der Waals surface area (Å²) in [5.41, 5.74) is 0.873. The monoisotopic (exact) mass is 390 g/mol. The first-order valence-electron chi connectivity index (χ1n) is 8.98. The van der Waals surface area contributed by atoms with Crippen LogP contribution < -0.4 is 16.0 Å². The summed E-state index contributed by atoms with van der Waals surface area (Å²) in [6, 6.07) is 4.95. The van der Waals surface area contributed by atoms with Gasteiger partial charge < -0.3 is 16.0 Å². The smallest absolute Gasteiger partial charge is 0.277 e. The summed E-state index contributed by atoms with van der Waals surface area (Å²) in [4.78, 5) is 25.0. The highest BCUT2D eigenvalue weighted by Crippen LogP contribution is 2.22. The van der Waals surface area contributed by atoms with Gasteiger partial charge in [0.05, 0.1) is 23.5 Å². The average Bonchev–Trinajstić information content (AvgIpc) is 3.12. The predicted octanol–water partition coefficient (Wildman–Crippen LogP) is 2.25. The van der Waals surface area contributed by atoms with Crippen LogP contribution in [0.3, 0.4) is 0 Å². The van der Waals surface area contributed by atoms with Crippen LogP contribution in [0.25, 0.3) is 0 Å². The number of halogens is 1. The maximum atomic E-state index is 12.6. The lowest BCUT2D eigenvalue weighted by Gasteiger charge is -2.22. The fourth-order valence-electron chi connectivity index (χ4n) is 2.97. The van der Waals surface area contributed by atoms with E-state index in [1.54, 1.807) is 29.1 Å². The average molecular weight is 391 g/mol. The molecule has 9 heteroatoms. The SMILES string of the molecule is CC(C)NC(=O)c1ccc(Cl)cc1NC(=O)c1cn(C2CCNCC2)nn1. The van der Waals surface area contributed by atoms with E-state index in [4.69, 9.17) is 11.6 Å². The zero-order valence-corrected chi connectivity index (χ0v) is 16.1. The van der Waals surface area contributed by atoms with Crippen LogP contribution in [0.2, 0.25) is 5.02 Å². The van der Waals surface area contributed by atoms with Gasteiger partial charge in [0.25, 0.3) is 11.8 Å². The Hall–Kier alpha value is -2.45. The second-order valence-corrected chi connectivity index (χ2v) is 7.27. The quantitative estimate of drug-likeness (QED) is 0.726. The van der Waals surface area contributed by atoms with E-state index >= 15 is 0 Å². The number of rotatable bonds is 5.